The molecule has 0 spiro atoms. The van der Waals surface area contributed by atoms with Crippen LogP contribution in [0.15, 0.2) is 17.6 Å². The number of hydrogen-bond donors (Lipinski definition) is 0. The van der Waals surface area contributed by atoms with Crippen LogP contribution < -0.4 is 0 Å². The van der Waals surface area contributed by atoms with Crippen molar-refractivity contribution in [2.45, 2.75) is 0 Å². The molecule has 62 valence electrons. The van der Waals surface area contributed by atoms with Crippen molar-refractivity contribution in [1.29, 1.82) is 0 Å². The van der Waals surface area contributed by atoms with Crippen LogP contribution in [0.25, 0.3) is 9.88 Å². The standard InChI is InChI=1S/C7H3ClINS2/c8-5-3-4(9)6(12-5)7-10-1-2-11-7/h1-3H. The lowest BCUT2D eigenvalue weighted by Gasteiger charge is -1.88. The maximum atomic E-state index is 5.87. The number of nitrogens with zero attached hydrogens (tertiary/aromatic N) is 1. The molecule has 0 radical (unpaired) electrons. The smallest absolute Gasteiger partial charge is 0.134 e. The summed E-state index contributed by atoms with van der Waals surface area (Å²) < 4.78 is 2.00. The molecule has 0 atom stereocenters. The number of aromatic nitrogens is 1. The summed E-state index contributed by atoms with van der Waals surface area (Å²) >= 11 is 11.4. The van der Waals surface area contributed by atoms with Gasteiger partial charge in [0.15, 0.2) is 0 Å². The quantitative estimate of drug-likeness (QED) is 0.718. The third-order valence-corrected chi connectivity index (χ3v) is 4.69. The first-order valence-corrected chi connectivity index (χ1v) is 6.27. The monoisotopic (exact) mass is 327 g/mol. The van der Waals surface area contributed by atoms with Gasteiger partial charge >= 0.3 is 0 Å². The highest BCUT2D eigenvalue weighted by molar-refractivity contribution is 14.1. The zero-order valence-corrected chi connectivity index (χ0v) is 10.3. The first-order chi connectivity index (χ1) is 5.77. The van der Waals surface area contributed by atoms with Crippen LogP contribution in [0, 0.1) is 3.57 Å². The van der Waals surface area contributed by atoms with Gasteiger partial charge in [0.2, 0.25) is 0 Å². The summed E-state index contributed by atoms with van der Waals surface area (Å²) in [7, 11) is 0. The summed E-state index contributed by atoms with van der Waals surface area (Å²) in [6.45, 7) is 0. The second-order valence-corrected chi connectivity index (χ2v) is 5.81. The van der Waals surface area contributed by atoms with Gasteiger partial charge in [-0.1, -0.05) is 11.6 Å². The van der Waals surface area contributed by atoms with Crippen LogP contribution in [-0.2, 0) is 0 Å². The SMILES string of the molecule is Clc1cc(I)c(-c2nccs2)s1. The molecule has 1 nitrogen and oxygen atoms in total. The number of thiophene rings is 1. The fourth-order valence-corrected chi connectivity index (χ4v) is 4.17. The predicted octanol–water partition coefficient (Wildman–Crippen LogP) is 4.13. The molecule has 0 unspecified atom stereocenters. The highest BCUT2D eigenvalue weighted by Gasteiger charge is 2.09. The Morgan fingerprint density at radius 2 is 2.33 bits per heavy atom. The van der Waals surface area contributed by atoms with Crippen molar-refractivity contribution in [2.24, 2.45) is 0 Å². The van der Waals surface area contributed by atoms with Gasteiger partial charge in [-0.25, -0.2) is 4.98 Å². The molecule has 0 saturated heterocycles. The lowest BCUT2D eigenvalue weighted by atomic mass is 10.5. The molecular weight excluding hydrogens is 325 g/mol. The minimum Gasteiger partial charge on any atom is -0.244 e. The van der Waals surface area contributed by atoms with Gasteiger partial charge in [-0.15, -0.1) is 22.7 Å². The Balaban J connectivity index is 2.54. The van der Waals surface area contributed by atoms with E-state index in [2.05, 4.69) is 27.6 Å². The number of halogens is 2. The molecule has 2 aromatic rings. The molecule has 0 N–H and O–H groups in total. The fraction of sp³-hybridized carbons (Fsp3) is 0. The average Bonchev–Trinajstić information content (AvgIpc) is 2.58. The third-order valence-electron chi connectivity index (χ3n) is 1.28. The van der Waals surface area contributed by atoms with Gasteiger partial charge in [0.05, 0.1) is 9.21 Å². The van der Waals surface area contributed by atoms with Gasteiger partial charge < -0.3 is 0 Å². The summed E-state index contributed by atoms with van der Waals surface area (Å²) in [5.41, 5.74) is 0. The van der Waals surface area contributed by atoms with Crippen molar-refractivity contribution in [3.05, 3.63) is 25.5 Å². The third kappa shape index (κ3) is 1.66. The maximum absolute atomic E-state index is 5.87. The van der Waals surface area contributed by atoms with E-state index in [1.165, 1.54) is 8.45 Å². The molecule has 0 saturated carbocycles. The summed E-state index contributed by atoms with van der Waals surface area (Å²) in [6.07, 6.45) is 1.81. The van der Waals surface area contributed by atoms with Gasteiger partial charge in [0.1, 0.15) is 5.01 Å². The minimum atomic E-state index is 0.824. The number of rotatable bonds is 1. The highest BCUT2D eigenvalue weighted by atomic mass is 127. The minimum absolute atomic E-state index is 0.824. The molecule has 0 amide bonds. The van der Waals surface area contributed by atoms with Crippen LogP contribution in [0.1, 0.15) is 0 Å². The maximum Gasteiger partial charge on any atom is 0.134 e. The fourth-order valence-electron chi connectivity index (χ4n) is 0.822. The molecule has 0 bridgehead atoms. The van der Waals surface area contributed by atoms with Crippen molar-refractivity contribution in [3.63, 3.8) is 0 Å². The van der Waals surface area contributed by atoms with Crippen LogP contribution in [0.2, 0.25) is 4.34 Å². The van der Waals surface area contributed by atoms with E-state index in [0.717, 1.165) is 9.34 Å². The van der Waals surface area contributed by atoms with Gasteiger partial charge in [-0.3, -0.25) is 0 Å². The highest BCUT2D eigenvalue weighted by Crippen LogP contribution is 2.36. The van der Waals surface area contributed by atoms with Crippen LogP contribution in [0.3, 0.4) is 0 Å². The van der Waals surface area contributed by atoms with Crippen LogP contribution in [-0.4, -0.2) is 4.98 Å². The summed E-state index contributed by atoms with van der Waals surface area (Å²) in [5, 5.41) is 3.02. The van der Waals surface area contributed by atoms with E-state index in [9.17, 15) is 0 Å². The van der Waals surface area contributed by atoms with E-state index in [-0.39, 0.29) is 0 Å². The molecule has 12 heavy (non-hydrogen) atoms. The van der Waals surface area contributed by atoms with Crippen molar-refractivity contribution in [3.8, 4) is 9.88 Å². The van der Waals surface area contributed by atoms with Crippen molar-refractivity contribution in [1.82, 2.24) is 4.98 Å². The van der Waals surface area contributed by atoms with Crippen molar-refractivity contribution >= 4 is 56.9 Å². The molecule has 5 heteroatoms. The lowest BCUT2D eigenvalue weighted by molar-refractivity contribution is 1.43. The number of hydrogen-bond acceptors (Lipinski definition) is 3. The molecule has 2 aromatic heterocycles. The first-order valence-electron chi connectivity index (χ1n) is 3.12. The molecule has 0 fully saturated rings. The Kier molecular flexibility index (Phi) is 2.69. The predicted molar refractivity (Wildman–Crippen MR) is 63.2 cm³/mol. The molecule has 0 aromatic carbocycles. The second kappa shape index (κ2) is 3.61. The Bertz CT molecular complexity index is 382. The molecule has 0 aliphatic rings. The average molecular weight is 328 g/mol. The van der Waals surface area contributed by atoms with E-state index in [4.69, 9.17) is 11.6 Å². The van der Waals surface area contributed by atoms with Crippen LogP contribution >= 0.6 is 56.9 Å². The van der Waals surface area contributed by atoms with Gasteiger partial charge in [-0.05, 0) is 28.7 Å². The lowest BCUT2D eigenvalue weighted by Crippen LogP contribution is -1.70. The Labute approximate surface area is 96.6 Å². The Morgan fingerprint density at radius 1 is 1.50 bits per heavy atom. The van der Waals surface area contributed by atoms with Gasteiger partial charge in [0, 0.05) is 15.1 Å². The summed E-state index contributed by atoms with van der Waals surface area (Å²) in [6, 6.07) is 1.96. The molecule has 2 heterocycles. The van der Waals surface area contributed by atoms with E-state index in [1.807, 2.05) is 17.6 Å². The summed E-state index contributed by atoms with van der Waals surface area (Å²) in [5.74, 6) is 0. The largest absolute Gasteiger partial charge is 0.244 e. The Morgan fingerprint density at radius 3 is 2.83 bits per heavy atom. The van der Waals surface area contributed by atoms with Gasteiger partial charge in [-0.2, -0.15) is 0 Å². The van der Waals surface area contributed by atoms with Crippen LogP contribution in [0.5, 0.6) is 0 Å². The van der Waals surface area contributed by atoms with E-state index >= 15 is 0 Å². The zero-order valence-electron chi connectivity index (χ0n) is 5.75. The topological polar surface area (TPSA) is 12.9 Å². The molecule has 2 rings (SSSR count). The van der Waals surface area contributed by atoms with Crippen LogP contribution in [0.4, 0.5) is 0 Å². The normalized spacial score (nSPS) is 10.5. The van der Waals surface area contributed by atoms with E-state index in [1.54, 1.807) is 22.7 Å². The van der Waals surface area contributed by atoms with E-state index < -0.39 is 0 Å². The summed E-state index contributed by atoms with van der Waals surface area (Å²) in [4.78, 5) is 5.40. The zero-order chi connectivity index (χ0) is 8.55. The second-order valence-electron chi connectivity index (χ2n) is 2.06. The molecule has 0 aliphatic heterocycles. The van der Waals surface area contributed by atoms with Crippen molar-refractivity contribution < 1.29 is 0 Å². The Hall–Kier alpha value is 0.350. The first kappa shape index (κ1) is 8.93. The molecular formula is C7H3ClINS2. The van der Waals surface area contributed by atoms with Crippen molar-refractivity contribution in [2.75, 3.05) is 0 Å². The number of thiazole rings is 1. The molecule has 0 aliphatic carbocycles. The van der Waals surface area contributed by atoms with E-state index in [0.29, 0.717) is 0 Å². The van der Waals surface area contributed by atoms with Gasteiger partial charge in [0.25, 0.3) is 0 Å².